The molecule has 0 aliphatic carbocycles. The topological polar surface area (TPSA) is 52.6 Å². The first-order valence-corrected chi connectivity index (χ1v) is 4.81. The van der Waals surface area contributed by atoms with E-state index in [-0.39, 0.29) is 19.1 Å². The van der Waals surface area contributed by atoms with E-state index < -0.39 is 0 Å². The Morgan fingerprint density at radius 1 is 1.33 bits per heavy atom. The van der Waals surface area contributed by atoms with Crippen LogP contribution >= 0.6 is 0 Å². The third kappa shape index (κ3) is 3.25. The quantitative estimate of drug-likeness (QED) is 0.756. The fourth-order valence-electron chi connectivity index (χ4n) is 1.18. The lowest BCUT2D eigenvalue weighted by Gasteiger charge is -2.12. The smallest absolute Gasteiger partial charge is 0.251 e. The van der Waals surface area contributed by atoms with Crippen LogP contribution in [0.1, 0.15) is 10.4 Å². The molecule has 0 spiro atoms. The molecular weight excluding hydrogens is 192 g/mol. The van der Waals surface area contributed by atoms with Gasteiger partial charge in [0.1, 0.15) is 0 Å². The Hall–Kier alpha value is -1.55. The van der Waals surface area contributed by atoms with Crippen molar-refractivity contribution in [2.75, 3.05) is 32.1 Å². The minimum Gasteiger partial charge on any atom is -0.395 e. The van der Waals surface area contributed by atoms with E-state index in [9.17, 15) is 4.79 Å². The number of carbonyl (C=O) groups excluding carboxylic acids is 1. The van der Waals surface area contributed by atoms with Gasteiger partial charge in [-0.3, -0.25) is 4.79 Å². The molecule has 1 aromatic rings. The molecule has 0 radical (unpaired) electrons. The van der Waals surface area contributed by atoms with Crippen LogP contribution in [-0.2, 0) is 0 Å². The van der Waals surface area contributed by atoms with Crippen LogP contribution in [0, 0.1) is 0 Å². The van der Waals surface area contributed by atoms with Crippen molar-refractivity contribution in [3.8, 4) is 0 Å². The number of amides is 1. The first-order valence-electron chi connectivity index (χ1n) is 4.81. The van der Waals surface area contributed by atoms with Gasteiger partial charge in [0.05, 0.1) is 6.61 Å². The molecule has 15 heavy (non-hydrogen) atoms. The molecule has 4 heteroatoms. The van der Waals surface area contributed by atoms with E-state index in [2.05, 4.69) is 5.32 Å². The molecule has 4 nitrogen and oxygen atoms in total. The summed E-state index contributed by atoms with van der Waals surface area (Å²) in [6.45, 7) is 0.246. The number of benzene rings is 1. The molecule has 1 aromatic carbocycles. The molecule has 0 saturated carbocycles. The van der Waals surface area contributed by atoms with Gasteiger partial charge < -0.3 is 15.3 Å². The second-order valence-electron chi connectivity index (χ2n) is 3.42. The molecule has 0 aromatic heterocycles. The Morgan fingerprint density at radius 2 is 1.93 bits per heavy atom. The Balaban J connectivity index is 2.67. The molecule has 0 saturated heterocycles. The van der Waals surface area contributed by atoms with Gasteiger partial charge >= 0.3 is 0 Å². The van der Waals surface area contributed by atoms with E-state index in [1.807, 2.05) is 31.1 Å². The zero-order valence-electron chi connectivity index (χ0n) is 9.03. The largest absolute Gasteiger partial charge is 0.395 e. The summed E-state index contributed by atoms with van der Waals surface area (Å²) in [5.74, 6) is -0.158. The highest BCUT2D eigenvalue weighted by molar-refractivity contribution is 5.94. The van der Waals surface area contributed by atoms with Crippen LogP contribution in [0.5, 0.6) is 0 Å². The monoisotopic (exact) mass is 208 g/mol. The summed E-state index contributed by atoms with van der Waals surface area (Å²) < 4.78 is 0. The summed E-state index contributed by atoms with van der Waals surface area (Å²) >= 11 is 0. The predicted octanol–water partition coefficient (Wildman–Crippen LogP) is 0.475. The van der Waals surface area contributed by atoms with Crippen LogP contribution in [0.15, 0.2) is 24.3 Å². The van der Waals surface area contributed by atoms with Crippen LogP contribution in [0.4, 0.5) is 5.69 Å². The zero-order valence-corrected chi connectivity index (χ0v) is 9.03. The molecule has 82 valence electrons. The highest BCUT2D eigenvalue weighted by Gasteiger charge is 2.04. The number of nitrogens with zero attached hydrogens (tertiary/aromatic N) is 1. The average molecular weight is 208 g/mol. The van der Waals surface area contributed by atoms with Crippen molar-refractivity contribution in [3.05, 3.63) is 29.8 Å². The predicted molar refractivity (Wildman–Crippen MR) is 60.2 cm³/mol. The van der Waals surface area contributed by atoms with Gasteiger partial charge in [0, 0.05) is 31.9 Å². The van der Waals surface area contributed by atoms with Crippen LogP contribution < -0.4 is 10.2 Å². The SMILES string of the molecule is CN(C)c1ccc(C(=O)NCCO)cc1. The van der Waals surface area contributed by atoms with Gasteiger partial charge in [-0.1, -0.05) is 0 Å². The van der Waals surface area contributed by atoms with Crippen LogP contribution in [0.3, 0.4) is 0 Å². The molecule has 0 heterocycles. The Morgan fingerprint density at radius 3 is 2.40 bits per heavy atom. The van der Waals surface area contributed by atoms with E-state index in [1.165, 1.54) is 0 Å². The van der Waals surface area contributed by atoms with Gasteiger partial charge in [0.2, 0.25) is 0 Å². The molecule has 0 unspecified atom stereocenters. The lowest BCUT2D eigenvalue weighted by atomic mass is 10.2. The zero-order chi connectivity index (χ0) is 11.3. The number of aliphatic hydroxyl groups excluding tert-OH is 1. The molecule has 1 amide bonds. The van der Waals surface area contributed by atoms with Crippen LogP contribution in [-0.4, -0.2) is 38.3 Å². The number of carbonyl (C=O) groups is 1. The minimum atomic E-state index is -0.158. The third-order valence-corrected chi connectivity index (χ3v) is 2.04. The first-order chi connectivity index (χ1) is 7.15. The summed E-state index contributed by atoms with van der Waals surface area (Å²) in [6.07, 6.45) is 0. The molecule has 1 rings (SSSR count). The fourth-order valence-corrected chi connectivity index (χ4v) is 1.18. The average Bonchev–Trinajstić information content (AvgIpc) is 2.26. The van der Waals surface area contributed by atoms with Gasteiger partial charge in [-0.2, -0.15) is 0 Å². The van der Waals surface area contributed by atoms with Crippen molar-refractivity contribution in [3.63, 3.8) is 0 Å². The van der Waals surface area contributed by atoms with Gasteiger partial charge in [0.15, 0.2) is 0 Å². The highest BCUT2D eigenvalue weighted by atomic mass is 16.3. The standard InChI is InChI=1S/C11H16N2O2/c1-13(2)10-5-3-9(4-6-10)11(15)12-7-8-14/h3-6,14H,7-8H2,1-2H3,(H,12,15). The van der Waals surface area contributed by atoms with Crippen molar-refractivity contribution in [1.29, 1.82) is 0 Å². The number of aliphatic hydroxyl groups is 1. The van der Waals surface area contributed by atoms with Gasteiger partial charge in [0.25, 0.3) is 5.91 Å². The van der Waals surface area contributed by atoms with Crippen molar-refractivity contribution in [2.24, 2.45) is 0 Å². The highest BCUT2D eigenvalue weighted by Crippen LogP contribution is 2.11. The maximum Gasteiger partial charge on any atom is 0.251 e. The third-order valence-electron chi connectivity index (χ3n) is 2.04. The van der Waals surface area contributed by atoms with E-state index >= 15 is 0 Å². The lowest BCUT2D eigenvalue weighted by molar-refractivity contribution is 0.0945. The first kappa shape index (κ1) is 11.5. The molecule has 0 aliphatic rings. The minimum absolute atomic E-state index is 0.0402. The van der Waals surface area contributed by atoms with Crippen molar-refractivity contribution >= 4 is 11.6 Å². The summed E-state index contributed by atoms with van der Waals surface area (Å²) in [6, 6.07) is 7.30. The summed E-state index contributed by atoms with van der Waals surface area (Å²) in [7, 11) is 3.89. The van der Waals surface area contributed by atoms with E-state index in [0.717, 1.165) is 5.69 Å². The number of hydrogen-bond donors (Lipinski definition) is 2. The van der Waals surface area contributed by atoms with Crippen LogP contribution in [0.25, 0.3) is 0 Å². The summed E-state index contributed by atoms with van der Waals surface area (Å²) in [5.41, 5.74) is 1.66. The number of hydrogen-bond acceptors (Lipinski definition) is 3. The van der Waals surface area contributed by atoms with Crippen molar-refractivity contribution in [2.45, 2.75) is 0 Å². The molecular formula is C11H16N2O2. The molecule has 0 bridgehead atoms. The van der Waals surface area contributed by atoms with Gasteiger partial charge in [-0.15, -0.1) is 0 Å². The van der Waals surface area contributed by atoms with Crippen molar-refractivity contribution < 1.29 is 9.90 Å². The molecule has 2 N–H and O–H groups in total. The second kappa shape index (κ2) is 5.36. The maximum atomic E-state index is 11.4. The summed E-state index contributed by atoms with van der Waals surface area (Å²) in [5, 5.41) is 11.2. The number of rotatable bonds is 4. The fraction of sp³-hybridized carbons (Fsp3) is 0.364. The van der Waals surface area contributed by atoms with E-state index in [1.54, 1.807) is 12.1 Å². The van der Waals surface area contributed by atoms with E-state index in [4.69, 9.17) is 5.11 Å². The molecule has 0 aliphatic heterocycles. The lowest BCUT2D eigenvalue weighted by Crippen LogP contribution is -2.26. The Kier molecular flexibility index (Phi) is 4.12. The van der Waals surface area contributed by atoms with E-state index in [0.29, 0.717) is 5.56 Å². The Bertz CT molecular complexity index is 320. The van der Waals surface area contributed by atoms with Crippen molar-refractivity contribution in [1.82, 2.24) is 5.32 Å². The second-order valence-corrected chi connectivity index (χ2v) is 3.42. The molecule has 0 atom stereocenters. The molecule has 0 fully saturated rings. The Labute approximate surface area is 89.5 Å². The number of anilines is 1. The van der Waals surface area contributed by atoms with Gasteiger partial charge in [-0.05, 0) is 24.3 Å². The van der Waals surface area contributed by atoms with Crippen LogP contribution in [0.2, 0.25) is 0 Å². The number of nitrogens with one attached hydrogen (secondary N) is 1. The normalized spacial score (nSPS) is 9.80. The van der Waals surface area contributed by atoms with Gasteiger partial charge in [-0.25, -0.2) is 0 Å². The summed E-state index contributed by atoms with van der Waals surface area (Å²) in [4.78, 5) is 13.4. The maximum absolute atomic E-state index is 11.4.